The summed E-state index contributed by atoms with van der Waals surface area (Å²) in [6, 6.07) is 0. The fraction of sp³-hybridized carbons (Fsp3) is 0.917. The molecule has 0 unspecified atom stereocenters. The number of ether oxygens (including phenoxy) is 3. The highest BCUT2D eigenvalue weighted by atomic mass is 16.7. The summed E-state index contributed by atoms with van der Waals surface area (Å²) >= 11 is 0. The zero-order valence-electron chi connectivity index (χ0n) is 28.6. The van der Waals surface area contributed by atoms with Crippen LogP contribution in [0.25, 0.3) is 0 Å². The monoisotopic (exact) mass is 620 g/mol. The van der Waals surface area contributed by atoms with Crippen molar-refractivity contribution < 1.29 is 39.4 Å². The molecule has 2 aliphatic heterocycles. The van der Waals surface area contributed by atoms with Gasteiger partial charge in [0.2, 0.25) is 0 Å². The molecule has 0 bridgehead atoms. The second kappa shape index (κ2) is 11.7. The van der Waals surface area contributed by atoms with Crippen LogP contribution in [0.2, 0.25) is 0 Å². The molecule has 5 aliphatic rings. The molecule has 8 nitrogen and oxygen atoms in total. The summed E-state index contributed by atoms with van der Waals surface area (Å²) in [4.78, 5) is 13.0. The highest BCUT2D eigenvalue weighted by Crippen LogP contribution is 2.60. The Bertz CT molecular complexity index is 1110. The maximum absolute atomic E-state index is 13.0. The van der Waals surface area contributed by atoms with Gasteiger partial charge in [0, 0.05) is 11.8 Å². The lowest BCUT2D eigenvalue weighted by molar-refractivity contribution is -0.323. The molecule has 5 rings (SSSR count). The molecule has 2 saturated heterocycles. The highest BCUT2D eigenvalue weighted by Gasteiger charge is 2.58. The number of aliphatic hydroxyl groups excluding tert-OH is 3. The first kappa shape index (κ1) is 34.5. The van der Waals surface area contributed by atoms with Crippen LogP contribution in [0.4, 0.5) is 0 Å². The number of Topliss-reactive ketones (excluding diaryl/α,β-unsaturated/α-hetero) is 1. The number of aliphatic hydroxyl groups is 4. The molecule has 252 valence electrons. The first-order chi connectivity index (χ1) is 20.2. The predicted octanol–water partition coefficient (Wildman–Crippen LogP) is 5.08. The molecule has 0 aromatic heterocycles. The van der Waals surface area contributed by atoms with E-state index in [9.17, 15) is 25.2 Å². The zero-order chi connectivity index (χ0) is 32.6. The fourth-order valence-electron chi connectivity index (χ4n) is 10.3. The zero-order valence-corrected chi connectivity index (χ0v) is 28.6. The Morgan fingerprint density at radius 3 is 2.23 bits per heavy atom. The highest BCUT2D eigenvalue weighted by molar-refractivity contribution is 5.86. The summed E-state index contributed by atoms with van der Waals surface area (Å²) in [7, 11) is 0. The number of fused-ring (bicyclic) bond motifs is 2. The van der Waals surface area contributed by atoms with Crippen molar-refractivity contribution in [1.29, 1.82) is 0 Å². The topological polar surface area (TPSA) is 126 Å². The normalized spacial score (nSPS) is 51.8. The molecule has 8 heteroatoms. The lowest BCUT2D eigenvalue weighted by Gasteiger charge is -2.54. The summed E-state index contributed by atoms with van der Waals surface area (Å²) < 4.78 is 19.0. The van der Waals surface area contributed by atoms with Gasteiger partial charge < -0.3 is 34.6 Å². The predicted molar refractivity (Wildman–Crippen MR) is 168 cm³/mol. The van der Waals surface area contributed by atoms with Crippen molar-refractivity contribution in [2.75, 3.05) is 0 Å². The minimum Gasteiger partial charge on any atom is -0.390 e. The molecule has 0 aromatic rings. The molecule has 0 spiro atoms. The van der Waals surface area contributed by atoms with Gasteiger partial charge in [-0.15, -0.1) is 0 Å². The fourth-order valence-corrected chi connectivity index (χ4v) is 10.3. The number of carbonyl (C=O) groups excluding carboxylic acids is 1. The minimum atomic E-state index is -1.31. The maximum Gasteiger partial charge on any atom is 0.187 e. The van der Waals surface area contributed by atoms with Crippen molar-refractivity contribution in [3.05, 3.63) is 11.6 Å². The maximum atomic E-state index is 13.0. The van der Waals surface area contributed by atoms with Crippen LogP contribution in [0.1, 0.15) is 120 Å². The van der Waals surface area contributed by atoms with Crippen LogP contribution >= 0.6 is 0 Å². The Balaban J connectivity index is 1.39. The van der Waals surface area contributed by atoms with E-state index in [1.807, 2.05) is 20.8 Å². The largest absolute Gasteiger partial charge is 0.390 e. The van der Waals surface area contributed by atoms with E-state index < -0.39 is 47.5 Å². The van der Waals surface area contributed by atoms with Gasteiger partial charge in [-0.3, -0.25) is 4.79 Å². The molecule has 13 atom stereocenters. The number of hydrogen-bond acceptors (Lipinski definition) is 8. The van der Waals surface area contributed by atoms with Crippen molar-refractivity contribution in [3.8, 4) is 0 Å². The first-order valence-corrected chi connectivity index (χ1v) is 17.3. The second-order valence-electron chi connectivity index (χ2n) is 17.0. The van der Waals surface area contributed by atoms with Crippen LogP contribution in [0.15, 0.2) is 11.6 Å². The van der Waals surface area contributed by atoms with Crippen molar-refractivity contribution in [1.82, 2.24) is 0 Å². The molecule has 3 aliphatic carbocycles. The lowest BCUT2D eigenvalue weighted by Crippen LogP contribution is -2.59. The SMILES string of the molecule is C[C@@H]1O[C@@H](O[C@]2(C)CC[C@@H]3[C@H]2CC[C@H](C)/C(=C/C[C@@H]2[C@@]4(C)CCC(=O)C(C)(C)O[C@@H]4CC[C@]2(C)O)C3(C)C)[C@H](O)[C@H](O)[C@H]1O. The molecule has 2 heterocycles. The third kappa shape index (κ3) is 5.77. The first-order valence-electron chi connectivity index (χ1n) is 17.3. The summed E-state index contributed by atoms with van der Waals surface area (Å²) in [5, 5.41) is 43.1. The van der Waals surface area contributed by atoms with Gasteiger partial charge in [0.25, 0.3) is 0 Å². The van der Waals surface area contributed by atoms with Gasteiger partial charge in [0.15, 0.2) is 12.1 Å². The van der Waals surface area contributed by atoms with Gasteiger partial charge in [0.1, 0.15) is 23.9 Å². The summed E-state index contributed by atoms with van der Waals surface area (Å²) in [5.41, 5.74) is -1.17. The Hall–Kier alpha value is -0.870. The number of hydrogen-bond donors (Lipinski definition) is 4. The van der Waals surface area contributed by atoms with Crippen molar-refractivity contribution >= 4 is 5.78 Å². The Morgan fingerprint density at radius 1 is 0.864 bits per heavy atom. The van der Waals surface area contributed by atoms with E-state index in [4.69, 9.17) is 14.2 Å². The van der Waals surface area contributed by atoms with Crippen LogP contribution in [0, 0.1) is 34.5 Å². The smallest absolute Gasteiger partial charge is 0.187 e. The van der Waals surface area contributed by atoms with Crippen molar-refractivity contribution in [2.45, 2.75) is 174 Å². The number of ketones is 1. The van der Waals surface area contributed by atoms with E-state index in [0.717, 1.165) is 44.9 Å². The van der Waals surface area contributed by atoms with E-state index in [1.54, 1.807) is 6.92 Å². The molecule has 0 amide bonds. The van der Waals surface area contributed by atoms with E-state index in [0.29, 0.717) is 24.7 Å². The number of rotatable bonds is 4. The third-order valence-electron chi connectivity index (χ3n) is 13.3. The molecular weight excluding hydrogens is 560 g/mol. The third-order valence-corrected chi connectivity index (χ3v) is 13.3. The molecule has 0 radical (unpaired) electrons. The van der Waals surface area contributed by atoms with Crippen LogP contribution in [0.3, 0.4) is 0 Å². The average molecular weight is 621 g/mol. The summed E-state index contributed by atoms with van der Waals surface area (Å²) in [6.45, 7) is 18.8. The molecule has 3 saturated carbocycles. The quantitative estimate of drug-likeness (QED) is 0.321. The molecule has 0 aromatic carbocycles. The van der Waals surface area contributed by atoms with Crippen LogP contribution < -0.4 is 0 Å². The van der Waals surface area contributed by atoms with E-state index in [2.05, 4.69) is 40.7 Å². The minimum absolute atomic E-state index is 0.0316. The molecule has 44 heavy (non-hydrogen) atoms. The lowest BCUT2D eigenvalue weighted by atomic mass is 9.56. The van der Waals surface area contributed by atoms with E-state index >= 15 is 0 Å². The molecule has 4 N–H and O–H groups in total. The van der Waals surface area contributed by atoms with Crippen molar-refractivity contribution in [2.24, 2.45) is 34.5 Å². The van der Waals surface area contributed by atoms with Crippen LogP contribution in [-0.2, 0) is 19.0 Å². The van der Waals surface area contributed by atoms with E-state index in [-0.39, 0.29) is 34.6 Å². The number of allylic oxidation sites excluding steroid dienone is 2. The summed E-state index contributed by atoms with van der Waals surface area (Å²) in [5.74, 6) is 1.07. The second-order valence-corrected chi connectivity index (χ2v) is 17.0. The van der Waals surface area contributed by atoms with Gasteiger partial charge in [-0.25, -0.2) is 0 Å². The van der Waals surface area contributed by atoms with Gasteiger partial charge in [0.05, 0.1) is 23.4 Å². The summed E-state index contributed by atoms with van der Waals surface area (Å²) in [6.07, 6.45) is 4.10. The van der Waals surface area contributed by atoms with Crippen LogP contribution in [-0.4, -0.2) is 79.8 Å². The van der Waals surface area contributed by atoms with E-state index in [1.165, 1.54) is 5.57 Å². The van der Waals surface area contributed by atoms with Crippen molar-refractivity contribution in [3.63, 3.8) is 0 Å². The van der Waals surface area contributed by atoms with Gasteiger partial charge in [-0.2, -0.15) is 0 Å². The van der Waals surface area contributed by atoms with Crippen LogP contribution in [0.5, 0.6) is 0 Å². The molecule has 5 fully saturated rings. The Morgan fingerprint density at radius 2 is 1.55 bits per heavy atom. The average Bonchev–Trinajstić information content (AvgIpc) is 3.18. The Kier molecular flexibility index (Phi) is 9.15. The standard InChI is InChI=1S/C36H60O8/c1-20-10-11-24-23(14-19-36(24,9)44-31-30(40)29(39)28(38)21(2)42-31)32(3,4)22(20)12-13-25-34(7)17-15-26(37)33(5,6)43-27(34)16-18-35(25,8)41/h12,20-21,23-25,27-31,38-41H,10-11,13-19H2,1-9H3/b22-12-/t20-,21-,23+,24+,25+,27+,28-,29+,30+,31-,34+,35-,36+/m0/s1. The Labute approximate surface area is 264 Å². The number of carbonyl (C=O) groups is 1. The van der Waals surface area contributed by atoms with Gasteiger partial charge >= 0.3 is 0 Å². The van der Waals surface area contributed by atoms with Gasteiger partial charge in [-0.05, 0) is 115 Å². The van der Waals surface area contributed by atoms with Gasteiger partial charge in [-0.1, -0.05) is 39.3 Å². The molecular formula is C36H60O8.